The maximum absolute atomic E-state index is 10.6. The first kappa shape index (κ1) is 17.5. The molecule has 23 heavy (non-hydrogen) atoms. The summed E-state index contributed by atoms with van der Waals surface area (Å²) >= 11 is 6.19. The fourth-order valence-electron chi connectivity index (χ4n) is 2.27. The lowest BCUT2D eigenvalue weighted by Gasteiger charge is -2.21. The molecule has 1 aliphatic rings. The van der Waals surface area contributed by atoms with E-state index in [0.29, 0.717) is 11.1 Å². The van der Waals surface area contributed by atoms with Gasteiger partial charge in [0.1, 0.15) is 11.0 Å². The van der Waals surface area contributed by atoms with Crippen molar-refractivity contribution < 1.29 is 23.1 Å². The number of aliphatic carboxylic acids is 1. The van der Waals surface area contributed by atoms with Gasteiger partial charge in [0.15, 0.2) is 5.65 Å². The number of pyridine rings is 1. The van der Waals surface area contributed by atoms with Crippen LogP contribution in [0.5, 0.6) is 0 Å². The summed E-state index contributed by atoms with van der Waals surface area (Å²) in [5, 5.41) is 19.6. The topological polar surface area (TPSA) is 79.5 Å². The molecule has 1 fully saturated rings. The molecule has 0 unspecified atom stereocenters. The highest BCUT2D eigenvalue weighted by atomic mass is 35.5. The van der Waals surface area contributed by atoms with Crippen molar-refractivity contribution in [3.05, 3.63) is 29.2 Å². The van der Waals surface area contributed by atoms with Gasteiger partial charge in [-0.3, -0.25) is 4.40 Å². The van der Waals surface area contributed by atoms with Gasteiger partial charge in [-0.2, -0.15) is 13.2 Å². The molecule has 0 atom stereocenters. The van der Waals surface area contributed by atoms with E-state index in [0.717, 1.165) is 37.4 Å². The van der Waals surface area contributed by atoms with Crippen LogP contribution in [0.3, 0.4) is 0 Å². The van der Waals surface area contributed by atoms with Gasteiger partial charge in [-0.25, -0.2) is 4.79 Å². The van der Waals surface area contributed by atoms with E-state index in [9.17, 15) is 13.2 Å². The number of carboxylic acid groups (broad SMARTS) is 1. The molecule has 0 aliphatic carbocycles. The number of hydrogen-bond acceptors (Lipinski definition) is 4. The molecule has 1 saturated heterocycles. The van der Waals surface area contributed by atoms with E-state index in [1.54, 1.807) is 0 Å². The van der Waals surface area contributed by atoms with Crippen molar-refractivity contribution in [1.29, 1.82) is 0 Å². The predicted octanol–water partition coefficient (Wildman–Crippen LogP) is 2.48. The van der Waals surface area contributed by atoms with Crippen molar-refractivity contribution in [2.45, 2.75) is 24.9 Å². The second-order valence-electron chi connectivity index (χ2n) is 4.93. The largest absolute Gasteiger partial charge is 0.490 e. The molecular weight excluding hydrogens is 337 g/mol. The van der Waals surface area contributed by atoms with E-state index in [1.165, 1.54) is 0 Å². The SMILES string of the molecule is Clc1cccc2nnc(C3CCNCC3)n12.O=C(O)C(F)(F)F. The average Bonchev–Trinajstić information content (AvgIpc) is 2.93. The first-order valence-corrected chi connectivity index (χ1v) is 7.19. The van der Waals surface area contributed by atoms with Crippen LogP contribution in [0.1, 0.15) is 24.6 Å². The standard InChI is InChI=1S/C11H13ClN4.C2HF3O2/c12-9-2-1-3-10-14-15-11(16(9)10)8-4-6-13-7-5-8;3-2(4,5)1(6)7/h1-3,8,13H,4-7H2;(H,6,7). The first-order chi connectivity index (χ1) is 10.8. The Kier molecular flexibility index (Phi) is 5.42. The van der Waals surface area contributed by atoms with Crippen molar-refractivity contribution in [2.75, 3.05) is 13.1 Å². The van der Waals surface area contributed by atoms with Crippen LogP contribution in [0.15, 0.2) is 18.2 Å². The van der Waals surface area contributed by atoms with Crippen LogP contribution in [0.25, 0.3) is 5.65 Å². The Labute approximate surface area is 134 Å². The molecule has 126 valence electrons. The second kappa shape index (κ2) is 7.14. The highest BCUT2D eigenvalue weighted by Crippen LogP contribution is 2.26. The number of carboxylic acids is 1. The molecule has 2 N–H and O–H groups in total. The van der Waals surface area contributed by atoms with Crippen LogP contribution in [0.4, 0.5) is 13.2 Å². The van der Waals surface area contributed by atoms with Gasteiger partial charge in [0.25, 0.3) is 0 Å². The highest BCUT2D eigenvalue weighted by Gasteiger charge is 2.38. The van der Waals surface area contributed by atoms with E-state index in [1.807, 2.05) is 22.6 Å². The molecule has 3 heterocycles. The number of aromatic nitrogens is 3. The van der Waals surface area contributed by atoms with Gasteiger partial charge in [-0.1, -0.05) is 17.7 Å². The van der Waals surface area contributed by atoms with Crippen molar-refractivity contribution >= 4 is 23.2 Å². The van der Waals surface area contributed by atoms with E-state index in [4.69, 9.17) is 21.5 Å². The maximum Gasteiger partial charge on any atom is 0.490 e. The summed E-state index contributed by atoms with van der Waals surface area (Å²) in [5.41, 5.74) is 0.834. The summed E-state index contributed by atoms with van der Waals surface area (Å²) in [6.07, 6.45) is -2.88. The number of piperidine rings is 1. The molecule has 0 spiro atoms. The zero-order valence-corrected chi connectivity index (χ0v) is 12.6. The number of nitrogens with one attached hydrogen (secondary N) is 1. The summed E-state index contributed by atoms with van der Waals surface area (Å²) in [6, 6.07) is 5.71. The monoisotopic (exact) mass is 350 g/mol. The first-order valence-electron chi connectivity index (χ1n) is 6.81. The lowest BCUT2D eigenvalue weighted by Crippen LogP contribution is -2.27. The third-order valence-corrected chi connectivity index (χ3v) is 3.65. The molecule has 2 aromatic rings. The quantitative estimate of drug-likeness (QED) is 0.772. The Morgan fingerprint density at radius 1 is 1.30 bits per heavy atom. The van der Waals surface area contributed by atoms with Crippen LogP contribution in [-0.2, 0) is 4.79 Å². The smallest absolute Gasteiger partial charge is 0.475 e. The highest BCUT2D eigenvalue weighted by molar-refractivity contribution is 6.29. The van der Waals surface area contributed by atoms with Gasteiger partial charge in [0.05, 0.1) is 0 Å². The van der Waals surface area contributed by atoms with Crippen LogP contribution in [0.2, 0.25) is 5.15 Å². The van der Waals surface area contributed by atoms with Crippen molar-refractivity contribution in [3.63, 3.8) is 0 Å². The molecule has 0 aromatic carbocycles. The number of carbonyl (C=O) groups is 1. The van der Waals surface area contributed by atoms with Crippen LogP contribution >= 0.6 is 11.6 Å². The summed E-state index contributed by atoms with van der Waals surface area (Å²) in [7, 11) is 0. The van der Waals surface area contributed by atoms with Crippen LogP contribution < -0.4 is 5.32 Å². The van der Waals surface area contributed by atoms with Crippen molar-refractivity contribution in [2.24, 2.45) is 0 Å². The second-order valence-corrected chi connectivity index (χ2v) is 5.31. The van der Waals surface area contributed by atoms with E-state index in [-0.39, 0.29) is 0 Å². The Hall–Kier alpha value is -1.87. The predicted molar refractivity (Wildman–Crippen MR) is 76.5 cm³/mol. The minimum atomic E-state index is -5.08. The number of alkyl halides is 3. The molecule has 2 aromatic heterocycles. The van der Waals surface area contributed by atoms with E-state index in [2.05, 4.69) is 15.5 Å². The molecular formula is C13H14ClF3N4O2. The minimum Gasteiger partial charge on any atom is -0.475 e. The van der Waals surface area contributed by atoms with Crippen LogP contribution in [0, 0.1) is 0 Å². The molecule has 3 rings (SSSR count). The van der Waals surface area contributed by atoms with Gasteiger partial charge < -0.3 is 10.4 Å². The summed E-state index contributed by atoms with van der Waals surface area (Å²) in [6.45, 7) is 2.09. The third kappa shape index (κ3) is 4.32. The number of fused-ring (bicyclic) bond motifs is 1. The molecule has 0 amide bonds. The molecule has 6 nitrogen and oxygen atoms in total. The van der Waals surface area contributed by atoms with E-state index >= 15 is 0 Å². The molecule has 0 saturated carbocycles. The van der Waals surface area contributed by atoms with Gasteiger partial charge in [0.2, 0.25) is 0 Å². The number of nitrogens with zero attached hydrogens (tertiary/aromatic N) is 3. The Balaban J connectivity index is 0.000000236. The zero-order chi connectivity index (χ0) is 17.0. The van der Waals surface area contributed by atoms with Gasteiger partial charge in [0, 0.05) is 5.92 Å². The summed E-state index contributed by atoms with van der Waals surface area (Å²) in [4.78, 5) is 8.90. The molecule has 0 bridgehead atoms. The third-order valence-electron chi connectivity index (χ3n) is 3.35. The fraction of sp³-hybridized carbons (Fsp3) is 0.462. The summed E-state index contributed by atoms with van der Waals surface area (Å²) < 4.78 is 33.7. The number of hydrogen-bond donors (Lipinski definition) is 2. The number of rotatable bonds is 1. The lowest BCUT2D eigenvalue weighted by molar-refractivity contribution is -0.192. The summed E-state index contributed by atoms with van der Waals surface area (Å²) in [5.74, 6) is -1.29. The fourth-order valence-corrected chi connectivity index (χ4v) is 2.51. The van der Waals surface area contributed by atoms with Crippen molar-refractivity contribution in [1.82, 2.24) is 19.9 Å². The van der Waals surface area contributed by atoms with Crippen LogP contribution in [-0.4, -0.2) is 44.9 Å². The zero-order valence-electron chi connectivity index (χ0n) is 11.8. The molecule has 1 aliphatic heterocycles. The number of halogens is 4. The molecule has 10 heteroatoms. The maximum atomic E-state index is 10.6. The Morgan fingerprint density at radius 3 is 2.48 bits per heavy atom. The van der Waals surface area contributed by atoms with Crippen molar-refractivity contribution in [3.8, 4) is 0 Å². The minimum absolute atomic E-state index is 0.469. The lowest BCUT2D eigenvalue weighted by atomic mass is 9.97. The Morgan fingerprint density at radius 2 is 1.91 bits per heavy atom. The van der Waals surface area contributed by atoms with E-state index < -0.39 is 12.1 Å². The van der Waals surface area contributed by atoms with Gasteiger partial charge >= 0.3 is 12.1 Å². The van der Waals surface area contributed by atoms with Gasteiger partial charge in [-0.15, -0.1) is 10.2 Å². The average molecular weight is 351 g/mol. The Bertz CT molecular complexity index is 683. The molecule has 0 radical (unpaired) electrons. The normalized spacial score (nSPS) is 16.0. The van der Waals surface area contributed by atoms with Gasteiger partial charge in [-0.05, 0) is 38.1 Å².